The Labute approximate surface area is 141 Å². The molecule has 1 saturated carbocycles. The van der Waals surface area contributed by atoms with Crippen molar-refractivity contribution in [1.29, 1.82) is 0 Å². The van der Waals surface area contributed by atoms with Gasteiger partial charge in [-0.15, -0.1) is 0 Å². The molecule has 2 unspecified atom stereocenters. The quantitative estimate of drug-likeness (QED) is 0.864. The maximum absolute atomic E-state index is 12.5. The number of carboxylic acids is 1. The van der Waals surface area contributed by atoms with Crippen LogP contribution >= 0.6 is 11.6 Å². The summed E-state index contributed by atoms with van der Waals surface area (Å²) in [5.41, 5.74) is -0.879. The number of amides is 1. The first kappa shape index (κ1) is 17.8. The first-order chi connectivity index (χ1) is 10.7. The van der Waals surface area contributed by atoms with Crippen molar-refractivity contribution < 1.29 is 19.4 Å². The Morgan fingerprint density at radius 1 is 1.43 bits per heavy atom. The predicted molar refractivity (Wildman–Crippen MR) is 87.8 cm³/mol. The number of carbonyl (C=O) groups excluding carboxylic acids is 1. The van der Waals surface area contributed by atoms with Gasteiger partial charge in [0.15, 0.2) is 0 Å². The monoisotopic (exact) mass is 339 g/mol. The van der Waals surface area contributed by atoms with Crippen molar-refractivity contribution in [2.24, 2.45) is 5.41 Å². The zero-order valence-electron chi connectivity index (χ0n) is 13.8. The van der Waals surface area contributed by atoms with Gasteiger partial charge in [0.25, 0.3) is 5.91 Å². The Morgan fingerprint density at radius 3 is 2.57 bits per heavy atom. The van der Waals surface area contributed by atoms with Gasteiger partial charge in [-0.05, 0) is 37.6 Å². The number of aliphatic carboxylic acids is 1. The van der Waals surface area contributed by atoms with E-state index in [4.69, 9.17) is 16.3 Å². The minimum atomic E-state index is -1.34. The van der Waals surface area contributed by atoms with Crippen LogP contribution in [0.4, 0.5) is 0 Å². The van der Waals surface area contributed by atoms with E-state index in [2.05, 4.69) is 5.32 Å². The average molecular weight is 340 g/mol. The molecule has 0 aromatic heterocycles. The zero-order valence-corrected chi connectivity index (χ0v) is 14.5. The van der Waals surface area contributed by atoms with Crippen LogP contribution in [0.1, 0.15) is 43.1 Å². The number of rotatable bonds is 5. The first-order valence-electron chi connectivity index (χ1n) is 7.59. The maximum Gasteiger partial charge on any atom is 0.330 e. The summed E-state index contributed by atoms with van der Waals surface area (Å²) >= 11 is 5.96. The number of aryl methyl sites for hydroxylation is 1. The molecular weight excluding hydrogens is 318 g/mol. The lowest BCUT2D eigenvalue weighted by atomic mass is 9.54. The highest BCUT2D eigenvalue weighted by Gasteiger charge is 2.66. The third-order valence-corrected chi connectivity index (χ3v) is 5.30. The van der Waals surface area contributed by atoms with Gasteiger partial charge in [-0.25, -0.2) is 4.79 Å². The van der Waals surface area contributed by atoms with E-state index in [-0.39, 0.29) is 12.5 Å². The van der Waals surface area contributed by atoms with E-state index in [1.54, 1.807) is 39.0 Å². The minimum Gasteiger partial charge on any atom is -0.479 e. The van der Waals surface area contributed by atoms with Crippen molar-refractivity contribution >= 4 is 23.5 Å². The molecule has 0 bridgehead atoms. The zero-order chi connectivity index (χ0) is 17.4. The fourth-order valence-corrected chi connectivity index (χ4v) is 3.21. The maximum atomic E-state index is 12.5. The summed E-state index contributed by atoms with van der Waals surface area (Å²) in [5.74, 6) is -1.47. The van der Waals surface area contributed by atoms with Gasteiger partial charge < -0.3 is 15.2 Å². The summed E-state index contributed by atoms with van der Waals surface area (Å²) in [4.78, 5) is 24.4. The third kappa shape index (κ3) is 2.83. The molecular formula is C17H22ClNO4. The number of carboxylic acid groups (broad SMARTS) is 1. The number of hydrogen-bond donors (Lipinski definition) is 2. The molecule has 1 aromatic rings. The minimum absolute atomic E-state index is 0.198. The Balaban J connectivity index is 2.26. The van der Waals surface area contributed by atoms with Crippen LogP contribution in [-0.2, 0) is 9.53 Å². The van der Waals surface area contributed by atoms with Crippen LogP contribution in [-0.4, -0.2) is 35.2 Å². The van der Waals surface area contributed by atoms with Gasteiger partial charge in [0.05, 0.1) is 6.10 Å². The highest BCUT2D eigenvalue weighted by molar-refractivity contribution is 6.31. The Morgan fingerprint density at radius 2 is 2.09 bits per heavy atom. The summed E-state index contributed by atoms with van der Waals surface area (Å²) in [6.45, 7) is 7.78. The Kier molecular flexibility index (Phi) is 4.74. The van der Waals surface area contributed by atoms with Gasteiger partial charge >= 0.3 is 5.97 Å². The van der Waals surface area contributed by atoms with Gasteiger partial charge in [0, 0.05) is 29.0 Å². The molecule has 2 rings (SSSR count). The molecule has 0 radical (unpaired) electrons. The lowest BCUT2D eigenvalue weighted by molar-refractivity contribution is -0.190. The number of hydrogen-bond acceptors (Lipinski definition) is 3. The molecule has 1 aliphatic rings. The number of carbonyl (C=O) groups is 2. The number of ether oxygens (including phenoxy) is 1. The molecule has 5 nitrogen and oxygen atoms in total. The Hall–Kier alpha value is -1.59. The van der Waals surface area contributed by atoms with Crippen LogP contribution in [0.25, 0.3) is 0 Å². The molecule has 1 aliphatic carbocycles. The predicted octanol–water partition coefficient (Wildman–Crippen LogP) is 3.04. The van der Waals surface area contributed by atoms with E-state index in [9.17, 15) is 14.7 Å². The fourth-order valence-electron chi connectivity index (χ4n) is 3.09. The molecule has 0 heterocycles. The van der Waals surface area contributed by atoms with Crippen molar-refractivity contribution in [3.05, 3.63) is 34.3 Å². The van der Waals surface area contributed by atoms with Gasteiger partial charge in [0.2, 0.25) is 0 Å². The van der Waals surface area contributed by atoms with E-state index in [0.717, 1.165) is 5.56 Å². The first-order valence-corrected chi connectivity index (χ1v) is 7.97. The molecule has 0 saturated heterocycles. The SMILES string of the molecule is CCOC1CC(NC(=O)c2ccc(Cl)c(C)c2)(C(=O)O)C1(C)C. The smallest absolute Gasteiger partial charge is 0.330 e. The third-order valence-electron chi connectivity index (χ3n) is 4.88. The molecule has 0 aliphatic heterocycles. The lowest BCUT2D eigenvalue weighted by Crippen LogP contribution is -2.76. The van der Waals surface area contributed by atoms with E-state index in [1.807, 2.05) is 6.92 Å². The van der Waals surface area contributed by atoms with E-state index < -0.39 is 22.8 Å². The van der Waals surface area contributed by atoms with E-state index >= 15 is 0 Å². The van der Waals surface area contributed by atoms with Crippen LogP contribution in [0.15, 0.2) is 18.2 Å². The van der Waals surface area contributed by atoms with Crippen molar-refractivity contribution in [2.45, 2.75) is 45.8 Å². The van der Waals surface area contributed by atoms with E-state index in [1.165, 1.54) is 0 Å². The summed E-state index contributed by atoms with van der Waals surface area (Å²) in [6, 6.07) is 4.87. The van der Waals surface area contributed by atoms with Gasteiger partial charge in [0.1, 0.15) is 5.54 Å². The van der Waals surface area contributed by atoms with Crippen molar-refractivity contribution in [1.82, 2.24) is 5.32 Å². The fraction of sp³-hybridized carbons (Fsp3) is 0.529. The van der Waals surface area contributed by atoms with Crippen LogP contribution in [0.2, 0.25) is 5.02 Å². The normalized spacial score (nSPS) is 25.5. The van der Waals surface area contributed by atoms with Gasteiger partial charge in [-0.1, -0.05) is 25.4 Å². The molecule has 1 aromatic carbocycles. The summed E-state index contributed by atoms with van der Waals surface area (Å²) in [7, 11) is 0. The molecule has 0 spiro atoms. The van der Waals surface area contributed by atoms with Crippen LogP contribution in [0.3, 0.4) is 0 Å². The van der Waals surface area contributed by atoms with Gasteiger partial charge in [-0.3, -0.25) is 4.79 Å². The second kappa shape index (κ2) is 6.13. The average Bonchev–Trinajstić information content (AvgIpc) is 2.48. The highest BCUT2D eigenvalue weighted by Crippen LogP contribution is 2.51. The molecule has 2 atom stereocenters. The number of benzene rings is 1. The van der Waals surface area contributed by atoms with Crippen molar-refractivity contribution in [3.8, 4) is 0 Å². The van der Waals surface area contributed by atoms with E-state index in [0.29, 0.717) is 17.2 Å². The second-order valence-corrected chi connectivity index (χ2v) is 6.91. The molecule has 126 valence electrons. The largest absolute Gasteiger partial charge is 0.479 e. The van der Waals surface area contributed by atoms with Crippen molar-refractivity contribution in [2.75, 3.05) is 6.61 Å². The second-order valence-electron chi connectivity index (χ2n) is 6.50. The summed E-state index contributed by atoms with van der Waals surface area (Å²) < 4.78 is 5.59. The lowest BCUT2D eigenvalue weighted by Gasteiger charge is -2.58. The highest BCUT2D eigenvalue weighted by atomic mass is 35.5. The summed E-state index contributed by atoms with van der Waals surface area (Å²) in [6.07, 6.45) is 0.0532. The van der Waals surface area contributed by atoms with Crippen molar-refractivity contribution in [3.63, 3.8) is 0 Å². The standard InChI is InChI=1S/C17H22ClNO4/c1-5-23-13-9-17(15(21)22,16(13,3)4)19-14(20)11-6-7-12(18)10(2)8-11/h6-8,13H,5,9H2,1-4H3,(H,19,20)(H,21,22). The topological polar surface area (TPSA) is 75.6 Å². The summed E-state index contributed by atoms with van der Waals surface area (Å²) in [5, 5.41) is 13.0. The molecule has 6 heteroatoms. The van der Waals surface area contributed by atoms with Crippen LogP contribution < -0.4 is 5.32 Å². The molecule has 1 amide bonds. The van der Waals surface area contributed by atoms with Crippen LogP contribution in [0.5, 0.6) is 0 Å². The van der Waals surface area contributed by atoms with Gasteiger partial charge in [-0.2, -0.15) is 0 Å². The number of nitrogens with one attached hydrogen (secondary N) is 1. The molecule has 2 N–H and O–H groups in total. The Bertz CT molecular complexity index is 643. The molecule has 1 fully saturated rings. The number of halogens is 1. The molecule has 23 heavy (non-hydrogen) atoms. The van der Waals surface area contributed by atoms with Crippen LogP contribution in [0, 0.1) is 12.3 Å².